The van der Waals surface area contributed by atoms with Gasteiger partial charge in [0.2, 0.25) is 6.79 Å². The predicted molar refractivity (Wildman–Crippen MR) is 78.1 cm³/mol. The number of allylic oxidation sites excluding steroid dienone is 2. The first-order valence-electron chi connectivity index (χ1n) is 5.89. The molecular formula is C14H17IO2. The third-order valence-electron chi connectivity index (χ3n) is 2.85. The lowest BCUT2D eigenvalue weighted by Gasteiger charge is -2.02. The van der Waals surface area contributed by atoms with E-state index in [9.17, 15) is 0 Å². The van der Waals surface area contributed by atoms with Gasteiger partial charge in [0, 0.05) is 4.43 Å². The zero-order valence-electron chi connectivity index (χ0n) is 10.0. The summed E-state index contributed by atoms with van der Waals surface area (Å²) in [5.74, 6) is 1.75. The summed E-state index contributed by atoms with van der Waals surface area (Å²) in [4.78, 5) is 0. The summed E-state index contributed by atoms with van der Waals surface area (Å²) in [5.41, 5.74) is 2.80. The van der Waals surface area contributed by atoms with E-state index in [0.717, 1.165) is 24.3 Å². The van der Waals surface area contributed by atoms with Gasteiger partial charge in [-0.1, -0.05) is 40.3 Å². The van der Waals surface area contributed by atoms with Gasteiger partial charge in [0.05, 0.1) is 0 Å². The summed E-state index contributed by atoms with van der Waals surface area (Å²) >= 11 is 2.41. The number of benzene rings is 1. The molecule has 0 bridgehead atoms. The third-order valence-corrected chi connectivity index (χ3v) is 3.39. The highest BCUT2D eigenvalue weighted by Gasteiger charge is 2.12. The van der Waals surface area contributed by atoms with Crippen molar-refractivity contribution in [1.82, 2.24) is 0 Å². The quantitative estimate of drug-likeness (QED) is 0.455. The molecule has 3 heteroatoms. The highest BCUT2D eigenvalue weighted by Crippen LogP contribution is 2.32. The fourth-order valence-electron chi connectivity index (χ4n) is 1.83. The van der Waals surface area contributed by atoms with Crippen LogP contribution in [0.1, 0.15) is 25.3 Å². The molecule has 0 atom stereocenters. The molecule has 0 unspecified atom stereocenters. The standard InChI is InChI=1S/C14H17IO2/c1-11(7-8-15)3-2-4-12-5-6-13-14(9-12)17-10-16-13/h3,5-6,9H,2,4,7-8,10H2,1H3/b11-3+. The minimum atomic E-state index is 0.355. The van der Waals surface area contributed by atoms with Crippen molar-refractivity contribution < 1.29 is 9.47 Å². The normalized spacial score (nSPS) is 14.1. The molecule has 0 amide bonds. The van der Waals surface area contributed by atoms with Gasteiger partial charge in [-0.15, -0.1) is 0 Å². The van der Waals surface area contributed by atoms with Crippen LogP contribution in [-0.4, -0.2) is 11.2 Å². The first kappa shape index (κ1) is 12.7. The highest BCUT2D eigenvalue weighted by atomic mass is 127. The Hall–Kier alpha value is -0.710. The van der Waals surface area contributed by atoms with Crippen molar-refractivity contribution >= 4 is 22.6 Å². The fourth-order valence-corrected chi connectivity index (χ4v) is 2.68. The molecule has 0 radical (unpaired) electrons. The van der Waals surface area contributed by atoms with Gasteiger partial charge >= 0.3 is 0 Å². The molecule has 2 nitrogen and oxygen atoms in total. The number of halogens is 1. The second-order valence-electron chi connectivity index (χ2n) is 4.22. The molecular weight excluding hydrogens is 327 g/mol. The van der Waals surface area contributed by atoms with Gasteiger partial charge in [-0.3, -0.25) is 0 Å². The second-order valence-corrected chi connectivity index (χ2v) is 5.29. The summed E-state index contributed by atoms with van der Waals surface area (Å²) in [6.45, 7) is 2.56. The molecule has 1 aromatic carbocycles. The van der Waals surface area contributed by atoms with Crippen LogP contribution in [0.5, 0.6) is 11.5 Å². The number of ether oxygens (including phenoxy) is 2. The van der Waals surface area contributed by atoms with Crippen LogP contribution < -0.4 is 9.47 Å². The van der Waals surface area contributed by atoms with Crippen LogP contribution >= 0.6 is 22.6 Å². The fraction of sp³-hybridized carbons (Fsp3) is 0.429. The molecule has 2 rings (SSSR count). The molecule has 92 valence electrons. The largest absolute Gasteiger partial charge is 0.454 e. The molecule has 1 aliphatic rings. The SMILES string of the molecule is C/C(=C\CCc1ccc2c(c1)OCO2)CCI. The molecule has 0 aliphatic carbocycles. The van der Waals surface area contributed by atoms with Gasteiger partial charge in [0.25, 0.3) is 0 Å². The van der Waals surface area contributed by atoms with E-state index >= 15 is 0 Å². The van der Waals surface area contributed by atoms with E-state index in [1.807, 2.05) is 6.07 Å². The molecule has 17 heavy (non-hydrogen) atoms. The molecule has 1 aromatic rings. The van der Waals surface area contributed by atoms with Gasteiger partial charge < -0.3 is 9.47 Å². The zero-order valence-corrected chi connectivity index (χ0v) is 12.2. The van der Waals surface area contributed by atoms with E-state index in [2.05, 4.69) is 47.7 Å². The minimum Gasteiger partial charge on any atom is -0.454 e. The Morgan fingerprint density at radius 3 is 3.00 bits per heavy atom. The topological polar surface area (TPSA) is 18.5 Å². The van der Waals surface area contributed by atoms with Crippen LogP contribution in [0.15, 0.2) is 29.8 Å². The Morgan fingerprint density at radius 2 is 2.18 bits per heavy atom. The van der Waals surface area contributed by atoms with Crippen LogP contribution in [0.2, 0.25) is 0 Å². The van der Waals surface area contributed by atoms with E-state index in [0.29, 0.717) is 6.79 Å². The Labute approximate surface area is 116 Å². The third kappa shape index (κ3) is 3.63. The maximum absolute atomic E-state index is 5.37. The Morgan fingerprint density at radius 1 is 1.35 bits per heavy atom. The van der Waals surface area contributed by atoms with E-state index < -0.39 is 0 Å². The molecule has 1 aliphatic heterocycles. The molecule has 1 heterocycles. The van der Waals surface area contributed by atoms with Crippen molar-refractivity contribution in [3.8, 4) is 11.5 Å². The Balaban J connectivity index is 1.89. The summed E-state index contributed by atoms with van der Waals surface area (Å²) in [5, 5.41) is 0. The van der Waals surface area contributed by atoms with Crippen molar-refractivity contribution in [2.75, 3.05) is 11.2 Å². The van der Waals surface area contributed by atoms with Crippen molar-refractivity contribution in [1.29, 1.82) is 0 Å². The van der Waals surface area contributed by atoms with Crippen LogP contribution in [0.3, 0.4) is 0 Å². The summed E-state index contributed by atoms with van der Waals surface area (Å²) in [7, 11) is 0. The monoisotopic (exact) mass is 344 g/mol. The van der Waals surface area contributed by atoms with E-state index in [-0.39, 0.29) is 0 Å². The average molecular weight is 344 g/mol. The summed E-state index contributed by atoms with van der Waals surface area (Å²) in [6.07, 6.45) is 5.70. The molecule has 0 spiro atoms. The molecule has 0 saturated carbocycles. The summed E-state index contributed by atoms with van der Waals surface area (Å²) in [6, 6.07) is 6.21. The van der Waals surface area contributed by atoms with Crippen LogP contribution in [-0.2, 0) is 6.42 Å². The number of fused-ring (bicyclic) bond motifs is 1. The maximum Gasteiger partial charge on any atom is 0.231 e. The van der Waals surface area contributed by atoms with Gasteiger partial charge in [-0.05, 0) is 43.9 Å². The van der Waals surface area contributed by atoms with E-state index in [4.69, 9.17) is 9.47 Å². The number of rotatable bonds is 5. The number of hydrogen-bond donors (Lipinski definition) is 0. The smallest absolute Gasteiger partial charge is 0.231 e. The first-order valence-corrected chi connectivity index (χ1v) is 7.42. The van der Waals surface area contributed by atoms with Crippen molar-refractivity contribution in [3.63, 3.8) is 0 Å². The summed E-state index contributed by atoms with van der Waals surface area (Å²) < 4.78 is 11.9. The molecule has 0 fully saturated rings. The second kappa shape index (κ2) is 6.28. The average Bonchev–Trinajstić information content (AvgIpc) is 2.76. The molecule has 0 aromatic heterocycles. The van der Waals surface area contributed by atoms with Crippen LogP contribution in [0, 0.1) is 0 Å². The highest BCUT2D eigenvalue weighted by molar-refractivity contribution is 14.1. The molecule has 0 N–H and O–H groups in total. The zero-order chi connectivity index (χ0) is 12.1. The van der Waals surface area contributed by atoms with Gasteiger partial charge in [-0.25, -0.2) is 0 Å². The maximum atomic E-state index is 5.37. The molecule has 0 saturated heterocycles. The van der Waals surface area contributed by atoms with E-state index in [1.54, 1.807) is 0 Å². The van der Waals surface area contributed by atoms with Crippen LogP contribution in [0.4, 0.5) is 0 Å². The lowest BCUT2D eigenvalue weighted by molar-refractivity contribution is 0.174. The van der Waals surface area contributed by atoms with Crippen molar-refractivity contribution in [3.05, 3.63) is 35.4 Å². The van der Waals surface area contributed by atoms with Crippen LogP contribution in [0.25, 0.3) is 0 Å². The number of hydrogen-bond acceptors (Lipinski definition) is 2. The Kier molecular flexibility index (Phi) is 4.71. The van der Waals surface area contributed by atoms with Gasteiger partial charge in [-0.2, -0.15) is 0 Å². The number of aryl methyl sites for hydroxylation is 1. The first-order chi connectivity index (χ1) is 8.29. The Bertz CT molecular complexity index is 413. The number of alkyl halides is 1. The lowest BCUT2D eigenvalue weighted by atomic mass is 10.1. The van der Waals surface area contributed by atoms with Gasteiger partial charge in [0.15, 0.2) is 11.5 Å². The lowest BCUT2D eigenvalue weighted by Crippen LogP contribution is -1.92. The van der Waals surface area contributed by atoms with Gasteiger partial charge in [0.1, 0.15) is 0 Å². The van der Waals surface area contributed by atoms with E-state index in [1.165, 1.54) is 22.0 Å². The van der Waals surface area contributed by atoms with Crippen molar-refractivity contribution in [2.45, 2.75) is 26.2 Å². The van der Waals surface area contributed by atoms with Crippen molar-refractivity contribution in [2.24, 2.45) is 0 Å². The predicted octanol–water partition coefficient (Wildman–Crippen LogP) is 4.12. The minimum absolute atomic E-state index is 0.355.